The molecule has 28 heavy (non-hydrogen) atoms. The van der Waals surface area contributed by atoms with Crippen LogP contribution in [0, 0.1) is 10.1 Å². The summed E-state index contributed by atoms with van der Waals surface area (Å²) in [6.45, 7) is 1.46. The van der Waals surface area contributed by atoms with Crippen LogP contribution in [0.1, 0.15) is 29.3 Å². The van der Waals surface area contributed by atoms with Gasteiger partial charge in [-0.05, 0) is 41.3 Å². The average Bonchev–Trinajstić information content (AvgIpc) is 3.40. The van der Waals surface area contributed by atoms with Crippen molar-refractivity contribution in [1.29, 1.82) is 0 Å². The van der Waals surface area contributed by atoms with Crippen LogP contribution in [-0.4, -0.2) is 33.8 Å². The number of para-hydroxylation sites is 1. The Labute approximate surface area is 170 Å². The Balaban J connectivity index is 1.41. The molecular formula is C20H19N3O3S2. The molecular weight excluding hydrogens is 394 g/mol. The lowest BCUT2D eigenvalue weighted by Crippen LogP contribution is -2.38. The number of amides is 1. The molecule has 0 radical (unpaired) electrons. The minimum absolute atomic E-state index is 0.0770. The highest BCUT2D eigenvalue weighted by atomic mass is 32.1. The molecule has 1 saturated heterocycles. The number of likely N-dealkylation sites (tertiary alicyclic amines) is 1. The van der Waals surface area contributed by atoms with Crippen molar-refractivity contribution >= 4 is 34.3 Å². The molecule has 0 spiro atoms. The highest BCUT2D eigenvalue weighted by Gasteiger charge is 2.26. The van der Waals surface area contributed by atoms with E-state index in [0.29, 0.717) is 23.6 Å². The summed E-state index contributed by atoms with van der Waals surface area (Å²) in [5, 5.41) is 18.2. The molecule has 0 saturated carbocycles. The molecule has 144 valence electrons. The Morgan fingerprint density at radius 2 is 2.00 bits per heavy atom. The molecule has 2 aromatic heterocycles. The summed E-state index contributed by atoms with van der Waals surface area (Å²) < 4.78 is 0. The maximum atomic E-state index is 12.5. The van der Waals surface area contributed by atoms with Crippen molar-refractivity contribution in [3.8, 4) is 11.3 Å². The van der Waals surface area contributed by atoms with Crippen LogP contribution in [0.15, 0.2) is 46.5 Å². The van der Waals surface area contributed by atoms with Gasteiger partial charge in [0.1, 0.15) is 0 Å². The van der Waals surface area contributed by atoms with E-state index in [9.17, 15) is 14.9 Å². The molecule has 1 amide bonds. The smallest absolute Gasteiger partial charge is 0.278 e. The van der Waals surface area contributed by atoms with E-state index in [1.165, 1.54) is 6.07 Å². The molecule has 0 bridgehead atoms. The highest BCUT2D eigenvalue weighted by Crippen LogP contribution is 2.35. The minimum atomic E-state index is -0.369. The monoisotopic (exact) mass is 413 g/mol. The quantitative estimate of drug-likeness (QED) is 0.448. The number of carbonyl (C=O) groups excluding carboxylic acids is 1. The third-order valence-corrected chi connectivity index (χ3v) is 6.77. The van der Waals surface area contributed by atoms with E-state index in [1.807, 2.05) is 27.1 Å². The third-order valence-electron chi connectivity index (χ3n) is 5.03. The van der Waals surface area contributed by atoms with Gasteiger partial charge in [-0.25, -0.2) is 4.98 Å². The molecule has 1 aliphatic heterocycles. The van der Waals surface area contributed by atoms with Crippen LogP contribution < -0.4 is 0 Å². The number of thiophene rings is 1. The van der Waals surface area contributed by atoms with Crippen molar-refractivity contribution in [3.05, 3.63) is 67.2 Å². The highest BCUT2D eigenvalue weighted by molar-refractivity contribution is 7.10. The average molecular weight is 414 g/mol. The van der Waals surface area contributed by atoms with Crippen LogP contribution >= 0.6 is 22.7 Å². The van der Waals surface area contributed by atoms with Crippen molar-refractivity contribution in [2.45, 2.75) is 25.2 Å². The standard InChI is InChI=1S/C20H19N3O3S2/c24-19(11-14-7-10-27-12-14)22-8-5-15(6-9-22)20-21-17(13-28-20)16-3-1-2-4-18(16)23(25)26/h1-4,7,10,12-13,15H,5-6,8-9,11H2. The number of hydrogen-bond donors (Lipinski definition) is 0. The van der Waals surface area contributed by atoms with Gasteiger partial charge in [0.05, 0.1) is 27.6 Å². The van der Waals surface area contributed by atoms with Crippen LogP contribution in [-0.2, 0) is 11.2 Å². The Hall–Kier alpha value is -2.58. The van der Waals surface area contributed by atoms with Gasteiger partial charge >= 0.3 is 0 Å². The molecule has 3 aromatic rings. The molecule has 1 aliphatic rings. The largest absolute Gasteiger partial charge is 0.342 e. The number of benzene rings is 1. The maximum Gasteiger partial charge on any atom is 0.278 e. The molecule has 0 N–H and O–H groups in total. The maximum absolute atomic E-state index is 12.5. The van der Waals surface area contributed by atoms with Crippen molar-refractivity contribution in [2.24, 2.45) is 0 Å². The molecule has 1 fully saturated rings. The van der Waals surface area contributed by atoms with E-state index in [4.69, 9.17) is 0 Å². The van der Waals surface area contributed by atoms with Crippen LogP contribution in [0.5, 0.6) is 0 Å². The van der Waals surface area contributed by atoms with Crippen LogP contribution in [0.2, 0.25) is 0 Å². The number of nitro benzene ring substituents is 1. The lowest BCUT2D eigenvalue weighted by molar-refractivity contribution is -0.384. The summed E-state index contributed by atoms with van der Waals surface area (Å²) in [6.07, 6.45) is 2.21. The van der Waals surface area contributed by atoms with E-state index in [-0.39, 0.29) is 16.5 Å². The molecule has 0 atom stereocenters. The predicted molar refractivity (Wildman–Crippen MR) is 111 cm³/mol. The first-order valence-corrected chi connectivity index (χ1v) is 10.9. The first-order chi connectivity index (χ1) is 13.6. The fourth-order valence-corrected chi connectivity index (χ4v) is 5.16. The lowest BCUT2D eigenvalue weighted by Gasteiger charge is -2.31. The normalized spacial score (nSPS) is 14.9. The summed E-state index contributed by atoms with van der Waals surface area (Å²) in [4.78, 5) is 30.0. The number of rotatable bonds is 5. The van der Waals surface area contributed by atoms with Crippen LogP contribution in [0.4, 0.5) is 5.69 Å². The second-order valence-corrected chi connectivity index (χ2v) is 8.48. The Morgan fingerprint density at radius 3 is 2.71 bits per heavy atom. The predicted octanol–water partition coefficient (Wildman–Crippen LogP) is 4.73. The Bertz CT molecular complexity index is 976. The van der Waals surface area contributed by atoms with Gasteiger partial charge in [0.25, 0.3) is 5.69 Å². The lowest BCUT2D eigenvalue weighted by atomic mass is 9.97. The van der Waals surface area contributed by atoms with Crippen molar-refractivity contribution in [1.82, 2.24) is 9.88 Å². The fourth-order valence-electron chi connectivity index (χ4n) is 3.50. The summed E-state index contributed by atoms with van der Waals surface area (Å²) in [5.74, 6) is 0.475. The van der Waals surface area contributed by atoms with Crippen LogP contribution in [0.25, 0.3) is 11.3 Å². The van der Waals surface area contributed by atoms with Gasteiger partial charge in [0.15, 0.2) is 0 Å². The van der Waals surface area contributed by atoms with Crippen molar-refractivity contribution < 1.29 is 9.72 Å². The van der Waals surface area contributed by atoms with E-state index in [1.54, 1.807) is 40.9 Å². The Morgan fingerprint density at radius 1 is 1.21 bits per heavy atom. The topological polar surface area (TPSA) is 76.3 Å². The number of aromatic nitrogens is 1. The molecule has 1 aromatic carbocycles. The molecule has 4 rings (SSSR count). The van der Waals surface area contributed by atoms with E-state index < -0.39 is 0 Å². The number of nitrogens with zero attached hydrogens (tertiary/aromatic N) is 3. The van der Waals surface area contributed by atoms with E-state index in [0.717, 1.165) is 36.5 Å². The van der Waals surface area contributed by atoms with E-state index >= 15 is 0 Å². The van der Waals surface area contributed by atoms with Gasteiger partial charge in [0, 0.05) is 30.5 Å². The second-order valence-electron chi connectivity index (χ2n) is 6.81. The Kier molecular flexibility index (Phi) is 5.50. The van der Waals surface area contributed by atoms with E-state index in [2.05, 4.69) is 4.98 Å². The zero-order valence-corrected chi connectivity index (χ0v) is 16.7. The molecule has 8 heteroatoms. The fraction of sp³-hybridized carbons (Fsp3) is 0.300. The molecule has 6 nitrogen and oxygen atoms in total. The summed E-state index contributed by atoms with van der Waals surface area (Å²) in [6, 6.07) is 8.69. The number of thiazole rings is 1. The number of hydrogen-bond acceptors (Lipinski definition) is 6. The SMILES string of the molecule is O=C(Cc1ccsc1)N1CCC(c2nc(-c3ccccc3[N+](=O)[O-])cs2)CC1. The molecule has 0 unspecified atom stereocenters. The van der Waals surface area contributed by atoms with Gasteiger partial charge in [-0.2, -0.15) is 11.3 Å². The van der Waals surface area contributed by atoms with Crippen molar-refractivity contribution in [2.75, 3.05) is 13.1 Å². The minimum Gasteiger partial charge on any atom is -0.342 e. The summed E-state index contributed by atoms with van der Waals surface area (Å²) in [7, 11) is 0. The summed E-state index contributed by atoms with van der Waals surface area (Å²) in [5.41, 5.74) is 2.36. The zero-order valence-electron chi connectivity index (χ0n) is 15.1. The first kappa shape index (κ1) is 18.8. The van der Waals surface area contributed by atoms with Gasteiger partial charge in [-0.3, -0.25) is 14.9 Å². The second kappa shape index (κ2) is 8.20. The molecule has 0 aliphatic carbocycles. The van der Waals surface area contributed by atoms with Gasteiger partial charge in [-0.1, -0.05) is 12.1 Å². The third kappa shape index (κ3) is 3.98. The van der Waals surface area contributed by atoms with Crippen molar-refractivity contribution in [3.63, 3.8) is 0 Å². The number of piperidine rings is 1. The zero-order chi connectivity index (χ0) is 19.5. The van der Waals surface area contributed by atoms with Gasteiger partial charge in [-0.15, -0.1) is 11.3 Å². The first-order valence-electron chi connectivity index (χ1n) is 9.10. The van der Waals surface area contributed by atoms with Crippen LogP contribution in [0.3, 0.4) is 0 Å². The summed E-state index contributed by atoms with van der Waals surface area (Å²) >= 11 is 3.16. The number of carbonyl (C=O) groups is 1. The number of nitro groups is 1. The van der Waals surface area contributed by atoms with Gasteiger partial charge < -0.3 is 4.90 Å². The van der Waals surface area contributed by atoms with Gasteiger partial charge in [0.2, 0.25) is 5.91 Å². The molecule has 3 heterocycles.